The van der Waals surface area contributed by atoms with Crippen molar-refractivity contribution >= 4 is 12.7 Å². The van der Waals surface area contributed by atoms with Crippen molar-refractivity contribution in [1.82, 2.24) is 0 Å². The molecule has 8 heavy (non-hydrogen) atoms. The molecule has 0 bridgehead atoms. The van der Waals surface area contributed by atoms with E-state index in [0.29, 0.717) is 13.2 Å². The van der Waals surface area contributed by atoms with Gasteiger partial charge in [0.1, 0.15) is 6.61 Å². The second kappa shape index (κ2) is 4.30. The molecular weight excluding hydrogens is 106 g/mol. The summed E-state index contributed by atoms with van der Waals surface area (Å²) in [7, 11) is 0. The summed E-state index contributed by atoms with van der Waals surface area (Å²) in [6, 6.07) is 0. The molecule has 3 nitrogen and oxygen atoms in total. The number of hydrogen-bond donors (Lipinski definition) is 0. The highest BCUT2D eigenvalue weighted by Crippen LogP contribution is 1.74. The summed E-state index contributed by atoms with van der Waals surface area (Å²) in [5.74, 6) is -0.270. The molecule has 0 aromatic rings. The van der Waals surface area contributed by atoms with Gasteiger partial charge < -0.3 is 4.74 Å². The zero-order chi connectivity index (χ0) is 6.41. The van der Waals surface area contributed by atoms with Crippen molar-refractivity contribution in [2.45, 2.75) is 6.92 Å². The summed E-state index contributed by atoms with van der Waals surface area (Å²) in [6.07, 6.45) is 0. The quantitative estimate of drug-likeness (QED) is 0.300. The third-order valence-electron chi connectivity index (χ3n) is 0.555. The molecule has 0 radical (unpaired) electrons. The van der Waals surface area contributed by atoms with Crippen molar-refractivity contribution < 1.29 is 9.53 Å². The molecule has 0 aliphatic rings. The zero-order valence-electron chi connectivity index (χ0n) is 4.89. The van der Waals surface area contributed by atoms with Gasteiger partial charge >= 0.3 is 5.97 Å². The number of aliphatic imine (C=N–C) groups is 1. The van der Waals surface area contributed by atoms with E-state index in [-0.39, 0.29) is 5.97 Å². The second-order valence-electron chi connectivity index (χ2n) is 1.29. The fourth-order valence-electron chi connectivity index (χ4n) is 0.254. The minimum atomic E-state index is -0.270. The van der Waals surface area contributed by atoms with Crippen molar-refractivity contribution in [3.8, 4) is 0 Å². The lowest BCUT2D eigenvalue weighted by Crippen LogP contribution is -2.02. The topological polar surface area (TPSA) is 38.7 Å². The van der Waals surface area contributed by atoms with E-state index in [1.54, 1.807) is 0 Å². The van der Waals surface area contributed by atoms with Crippen LogP contribution < -0.4 is 0 Å². The van der Waals surface area contributed by atoms with Crippen molar-refractivity contribution in [3.05, 3.63) is 0 Å². The molecule has 0 aliphatic carbocycles. The molecule has 0 atom stereocenters. The maximum absolute atomic E-state index is 10.0. The lowest BCUT2D eigenvalue weighted by molar-refractivity contribution is -0.140. The molecule has 0 unspecified atom stereocenters. The van der Waals surface area contributed by atoms with E-state index in [1.807, 2.05) is 0 Å². The molecule has 0 rings (SSSR count). The van der Waals surface area contributed by atoms with Gasteiger partial charge in [-0.2, -0.15) is 0 Å². The highest BCUT2D eigenvalue weighted by molar-refractivity contribution is 5.65. The van der Waals surface area contributed by atoms with Gasteiger partial charge in [-0.1, -0.05) is 0 Å². The summed E-state index contributed by atoms with van der Waals surface area (Å²) >= 11 is 0. The van der Waals surface area contributed by atoms with Gasteiger partial charge in [0.25, 0.3) is 0 Å². The predicted molar refractivity (Wildman–Crippen MR) is 31.0 cm³/mol. The van der Waals surface area contributed by atoms with Crippen LogP contribution in [0.3, 0.4) is 0 Å². The number of ether oxygens (including phenoxy) is 1. The standard InChI is InChI=1S/C5H9NO2/c1-5(7)8-4-3-6-2/h2-4H2,1H3. The molecule has 0 aliphatic heterocycles. The van der Waals surface area contributed by atoms with Gasteiger partial charge in [-0.3, -0.25) is 9.79 Å². The van der Waals surface area contributed by atoms with Gasteiger partial charge in [0.2, 0.25) is 0 Å². The van der Waals surface area contributed by atoms with Crippen LogP contribution in [0.2, 0.25) is 0 Å². The molecule has 3 heteroatoms. The third kappa shape index (κ3) is 5.14. The maximum Gasteiger partial charge on any atom is 0.302 e. The van der Waals surface area contributed by atoms with Crippen molar-refractivity contribution in [2.75, 3.05) is 13.2 Å². The first kappa shape index (κ1) is 7.14. The van der Waals surface area contributed by atoms with Gasteiger partial charge in [0.15, 0.2) is 0 Å². The van der Waals surface area contributed by atoms with Gasteiger partial charge in [-0.25, -0.2) is 0 Å². The smallest absolute Gasteiger partial charge is 0.302 e. The number of carbonyl (C=O) groups excluding carboxylic acids is 1. The number of esters is 1. The van der Waals surface area contributed by atoms with Crippen LogP contribution >= 0.6 is 0 Å². The number of nitrogens with zero attached hydrogens (tertiary/aromatic N) is 1. The Kier molecular flexibility index (Phi) is 3.84. The molecule has 0 heterocycles. The molecule has 46 valence electrons. The first-order valence-electron chi connectivity index (χ1n) is 2.33. The Morgan fingerprint density at radius 3 is 2.88 bits per heavy atom. The van der Waals surface area contributed by atoms with Crippen LogP contribution in [0.4, 0.5) is 0 Å². The Bertz CT molecular complexity index is 90.4. The zero-order valence-corrected chi connectivity index (χ0v) is 4.89. The summed E-state index contributed by atoms with van der Waals surface area (Å²) in [5.41, 5.74) is 0. The lowest BCUT2D eigenvalue weighted by atomic mass is 10.7. The average molecular weight is 115 g/mol. The highest BCUT2D eigenvalue weighted by Gasteiger charge is 1.87. The molecule has 0 N–H and O–H groups in total. The lowest BCUT2D eigenvalue weighted by Gasteiger charge is -1.94. The van der Waals surface area contributed by atoms with Crippen LogP contribution in [0.15, 0.2) is 4.99 Å². The highest BCUT2D eigenvalue weighted by atomic mass is 16.5. The van der Waals surface area contributed by atoms with E-state index in [1.165, 1.54) is 6.92 Å². The number of rotatable bonds is 3. The minimum Gasteiger partial charge on any atom is -0.464 e. The van der Waals surface area contributed by atoms with E-state index in [9.17, 15) is 4.79 Å². The Hall–Kier alpha value is -0.860. The molecule has 0 spiro atoms. The molecule has 0 saturated carbocycles. The molecule has 0 fully saturated rings. The Morgan fingerprint density at radius 2 is 2.50 bits per heavy atom. The van der Waals surface area contributed by atoms with E-state index >= 15 is 0 Å². The van der Waals surface area contributed by atoms with E-state index in [2.05, 4.69) is 16.4 Å². The molecule has 0 aromatic carbocycles. The first-order valence-corrected chi connectivity index (χ1v) is 2.33. The maximum atomic E-state index is 10.0. The van der Waals surface area contributed by atoms with Crippen LogP contribution in [0, 0.1) is 0 Å². The summed E-state index contributed by atoms with van der Waals surface area (Å²) in [6.45, 7) is 5.41. The van der Waals surface area contributed by atoms with Crippen LogP contribution in [0.1, 0.15) is 6.92 Å². The first-order chi connectivity index (χ1) is 3.77. The fraction of sp³-hybridized carbons (Fsp3) is 0.600. The van der Waals surface area contributed by atoms with Gasteiger partial charge in [-0.15, -0.1) is 0 Å². The minimum absolute atomic E-state index is 0.270. The van der Waals surface area contributed by atoms with E-state index < -0.39 is 0 Å². The Balaban J connectivity index is 2.93. The largest absolute Gasteiger partial charge is 0.464 e. The summed E-state index contributed by atoms with van der Waals surface area (Å²) < 4.78 is 4.51. The van der Waals surface area contributed by atoms with Gasteiger partial charge in [0.05, 0.1) is 6.54 Å². The molecule has 0 aromatic heterocycles. The summed E-state index contributed by atoms with van der Waals surface area (Å²) in [4.78, 5) is 13.5. The Morgan fingerprint density at radius 1 is 1.88 bits per heavy atom. The van der Waals surface area contributed by atoms with Crippen LogP contribution in [0.5, 0.6) is 0 Å². The molecule has 0 saturated heterocycles. The van der Waals surface area contributed by atoms with Gasteiger partial charge in [-0.05, 0) is 6.72 Å². The fourth-order valence-corrected chi connectivity index (χ4v) is 0.254. The van der Waals surface area contributed by atoms with Crippen LogP contribution in [-0.4, -0.2) is 25.8 Å². The van der Waals surface area contributed by atoms with Crippen molar-refractivity contribution in [2.24, 2.45) is 4.99 Å². The summed E-state index contributed by atoms with van der Waals surface area (Å²) in [5, 5.41) is 0. The third-order valence-corrected chi connectivity index (χ3v) is 0.555. The average Bonchev–Trinajstić information content (AvgIpc) is 1.66. The normalized spacial score (nSPS) is 8.12. The number of carbonyl (C=O) groups is 1. The van der Waals surface area contributed by atoms with Crippen molar-refractivity contribution in [1.29, 1.82) is 0 Å². The number of hydrogen-bond acceptors (Lipinski definition) is 3. The molecule has 0 amide bonds. The monoisotopic (exact) mass is 115 g/mol. The predicted octanol–water partition coefficient (Wildman–Crippen LogP) is 0.250. The molecular formula is C5H9NO2. The SMILES string of the molecule is C=NCCOC(C)=O. The van der Waals surface area contributed by atoms with Crippen LogP contribution in [0.25, 0.3) is 0 Å². The Labute approximate surface area is 48.4 Å². The van der Waals surface area contributed by atoms with Crippen molar-refractivity contribution in [3.63, 3.8) is 0 Å². The van der Waals surface area contributed by atoms with Crippen LogP contribution in [-0.2, 0) is 9.53 Å². The van der Waals surface area contributed by atoms with E-state index in [0.717, 1.165) is 0 Å². The second-order valence-corrected chi connectivity index (χ2v) is 1.29. The van der Waals surface area contributed by atoms with E-state index in [4.69, 9.17) is 0 Å². The van der Waals surface area contributed by atoms with Gasteiger partial charge in [0, 0.05) is 6.92 Å².